The number of hydrogen-bond donors (Lipinski definition) is 2. The van der Waals surface area contributed by atoms with Crippen molar-refractivity contribution in [2.75, 3.05) is 20.1 Å². The van der Waals surface area contributed by atoms with Gasteiger partial charge in [-0.2, -0.15) is 0 Å². The lowest BCUT2D eigenvalue weighted by Crippen LogP contribution is -2.45. The van der Waals surface area contributed by atoms with Crippen LogP contribution in [0.15, 0.2) is 24.4 Å². The third-order valence-electron chi connectivity index (χ3n) is 3.29. The number of aromatic nitrogens is 1. The van der Waals surface area contributed by atoms with Gasteiger partial charge in [-0.25, -0.2) is 0 Å². The van der Waals surface area contributed by atoms with E-state index < -0.39 is 0 Å². The lowest BCUT2D eigenvalue weighted by atomic mass is 10.0. The second-order valence-corrected chi connectivity index (χ2v) is 4.51. The van der Waals surface area contributed by atoms with Crippen molar-refractivity contribution < 1.29 is 4.79 Å². The van der Waals surface area contributed by atoms with E-state index in [9.17, 15) is 4.79 Å². The Morgan fingerprint density at radius 1 is 1.47 bits per heavy atom. The summed E-state index contributed by atoms with van der Waals surface area (Å²) < 4.78 is 0. The summed E-state index contributed by atoms with van der Waals surface area (Å²) in [5, 5.41) is 2.65. The molecule has 0 radical (unpaired) electrons. The van der Waals surface area contributed by atoms with Crippen LogP contribution in [0, 0.1) is 0 Å². The maximum atomic E-state index is 11.6. The zero-order chi connectivity index (χ0) is 14.3. The minimum atomic E-state index is -0.0421. The number of pyridine rings is 1. The first kappa shape index (κ1) is 15.6. The van der Waals surface area contributed by atoms with E-state index in [-0.39, 0.29) is 18.0 Å². The van der Waals surface area contributed by atoms with Gasteiger partial charge >= 0.3 is 0 Å². The molecule has 0 saturated carbocycles. The molecule has 5 nitrogen and oxygen atoms in total. The molecule has 2 atom stereocenters. The highest BCUT2D eigenvalue weighted by atomic mass is 16.1. The van der Waals surface area contributed by atoms with Gasteiger partial charge in [-0.3, -0.25) is 14.7 Å². The van der Waals surface area contributed by atoms with Crippen LogP contribution < -0.4 is 11.1 Å². The first-order valence-electron chi connectivity index (χ1n) is 6.75. The van der Waals surface area contributed by atoms with E-state index in [0.717, 1.165) is 18.7 Å². The van der Waals surface area contributed by atoms with Gasteiger partial charge in [0.05, 0.1) is 18.3 Å². The second-order valence-electron chi connectivity index (χ2n) is 4.51. The SMILES string of the molecule is CCC(N)C(c1ccccn1)N(CC)CC(=O)NC. The van der Waals surface area contributed by atoms with Crippen molar-refractivity contribution >= 4 is 5.91 Å². The fourth-order valence-electron chi connectivity index (χ4n) is 2.12. The summed E-state index contributed by atoms with van der Waals surface area (Å²) in [6.07, 6.45) is 2.60. The highest BCUT2D eigenvalue weighted by Gasteiger charge is 2.26. The van der Waals surface area contributed by atoms with Gasteiger partial charge in [0.25, 0.3) is 0 Å². The molecule has 3 N–H and O–H groups in total. The Bertz CT molecular complexity index is 382. The average molecular weight is 264 g/mol. The normalized spacial score (nSPS) is 14.2. The monoisotopic (exact) mass is 264 g/mol. The highest BCUT2D eigenvalue weighted by molar-refractivity contribution is 5.77. The molecule has 19 heavy (non-hydrogen) atoms. The Morgan fingerprint density at radius 3 is 2.68 bits per heavy atom. The van der Waals surface area contributed by atoms with Crippen LogP contribution in [0.3, 0.4) is 0 Å². The van der Waals surface area contributed by atoms with Crippen LogP contribution in [0.2, 0.25) is 0 Å². The summed E-state index contributed by atoms with van der Waals surface area (Å²) in [7, 11) is 1.64. The molecule has 2 unspecified atom stereocenters. The Hall–Kier alpha value is -1.46. The molecule has 0 aliphatic carbocycles. The number of nitrogens with zero attached hydrogens (tertiary/aromatic N) is 2. The van der Waals surface area contributed by atoms with E-state index in [1.165, 1.54) is 0 Å². The van der Waals surface area contributed by atoms with Crippen molar-refractivity contribution in [1.82, 2.24) is 15.2 Å². The van der Waals surface area contributed by atoms with Crippen LogP contribution in [-0.4, -0.2) is 42.0 Å². The van der Waals surface area contributed by atoms with Crippen LogP contribution in [-0.2, 0) is 4.79 Å². The van der Waals surface area contributed by atoms with Crippen LogP contribution in [0.25, 0.3) is 0 Å². The summed E-state index contributed by atoms with van der Waals surface area (Å²) in [5.41, 5.74) is 7.15. The van der Waals surface area contributed by atoms with E-state index in [4.69, 9.17) is 5.73 Å². The summed E-state index contributed by atoms with van der Waals surface area (Å²) in [4.78, 5) is 18.1. The molecule has 0 fully saturated rings. The predicted octanol–water partition coefficient (Wildman–Crippen LogP) is 0.928. The van der Waals surface area contributed by atoms with Gasteiger partial charge in [0, 0.05) is 19.3 Å². The molecular formula is C14H24N4O. The molecule has 1 aromatic rings. The van der Waals surface area contributed by atoms with Crippen molar-refractivity contribution in [3.05, 3.63) is 30.1 Å². The lowest BCUT2D eigenvalue weighted by Gasteiger charge is -2.33. The van der Waals surface area contributed by atoms with Crippen LogP contribution >= 0.6 is 0 Å². The van der Waals surface area contributed by atoms with Gasteiger partial charge in [0.2, 0.25) is 5.91 Å². The quantitative estimate of drug-likeness (QED) is 0.768. The number of carbonyl (C=O) groups is 1. The number of nitrogens with two attached hydrogens (primary N) is 1. The van der Waals surface area contributed by atoms with Gasteiger partial charge in [-0.15, -0.1) is 0 Å². The first-order valence-corrected chi connectivity index (χ1v) is 6.75. The molecule has 106 valence electrons. The van der Waals surface area contributed by atoms with Gasteiger partial charge in [-0.05, 0) is 25.1 Å². The molecule has 0 aliphatic heterocycles. The van der Waals surface area contributed by atoms with E-state index in [1.807, 2.05) is 32.0 Å². The van der Waals surface area contributed by atoms with Crippen LogP contribution in [0.4, 0.5) is 0 Å². The van der Waals surface area contributed by atoms with Gasteiger partial charge in [0.15, 0.2) is 0 Å². The van der Waals surface area contributed by atoms with Crippen molar-refractivity contribution in [2.45, 2.75) is 32.4 Å². The van der Waals surface area contributed by atoms with E-state index in [2.05, 4.69) is 15.2 Å². The molecule has 1 aromatic heterocycles. The van der Waals surface area contributed by atoms with Crippen molar-refractivity contribution in [1.29, 1.82) is 0 Å². The van der Waals surface area contributed by atoms with Gasteiger partial charge in [-0.1, -0.05) is 19.9 Å². The molecule has 0 bridgehead atoms. The summed E-state index contributed by atoms with van der Waals surface area (Å²) in [6, 6.07) is 5.72. The molecule has 5 heteroatoms. The summed E-state index contributed by atoms with van der Waals surface area (Å²) >= 11 is 0. The highest BCUT2D eigenvalue weighted by Crippen LogP contribution is 2.22. The first-order chi connectivity index (χ1) is 9.13. The minimum Gasteiger partial charge on any atom is -0.358 e. The standard InChI is InChI=1S/C14H24N4O/c1-4-11(15)14(12-8-6-7-9-17-12)18(5-2)10-13(19)16-3/h6-9,11,14H,4-5,10,15H2,1-3H3,(H,16,19). The Balaban J connectivity index is 2.98. The Morgan fingerprint density at radius 2 is 2.21 bits per heavy atom. The molecule has 0 aliphatic rings. The summed E-state index contributed by atoms with van der Waals surface area (Å²) in [5.74, 6) is -0.00826. The van der Waals surface area contributed by atoms with Crippen molar-refractivity contribution in [3.8, 4) is 0 Å². The largest absolute Gasteiger partial charge is 0.358 e. The number of amides is 1. The van der Waals surface area contributed by atoms with Crippen molar-refractivity contribution in [3.63, 3.8) is 0 Å². The second kappa shape index (κ2) is 7.86. The van der Waals surface area contributed by atoms with E-state index in [0.29, 0.717) is 6.54 Å². The smallest absolute Gasteiger partial charge is 0.233 e. The average Bonchev–Trinajstić information content (AvgIpc) is 2.46. The zero-order valence-corrected chi connectivity index (χ0v) is 12.0. The molecule has 0 spiro atoms. The maximum absolute atomic E-state index is 11.6. The fourth-order valence-corrected chi connectivity index (χ4v) is 2.12. The number of nitrogens with one attached hydrogen (secondary N) is 1. The predicted molar refractivity (Wildman–Crippen MR) is 76.6 cm³/mol. The van der Waals surface area contributed by atoms with E-state index in [1.54, 1.807) is 13.2 Å². The third-order valence-corrected chi connectivity index (χ3v) is 3.29. The summed E-state index contributed by atoms with van der Waals surface area (Å²) in [6.45, 7) is 5.17. The van der Waals surface area contributed by atoms with Gasteiger partial charge in [0.1, 0.15) is 0 Å². The Labute approximate surface area is 115 Å². The molecule has 1 heterocycles. The number of rotatable bonds is 7. The van der Waals surface area contributed by atoms with Crippen LogP contribution in [0.1, 0.15) is 32.0 Å². The molecule has 1 rings (SSSR count). The van der Waals surface area contributed by atoms with Crippen molar-refractivity contribution in [2.24, 2.45) is 5.73 Å². The fraction of sp³-hybridized carbons (Fsp3) is 0.571. The number of carbonyl (C=O) groups excluding carboxylic acids is 1. The molecule has 0 aromatic carbocycles. The molecular weight excluding hydrogens is 240 g/mol. The van der Waals surface area contributed by atoms with Gasteiger partial charge < -0.3 is 11.1 Å². The molecule has 0 saturated heterocycles. The van der Waals surface area contributed by atoms with E-state index >= 15 is 0 Å². The maximum Gasteiger partial charge on any atom is 0.233 e. The third kappa shape index (κ3) is 4.29. The number of hydrogen-bond acceptors (Lipinski definition) is 4. The molecule has 1 amide bonds. The Kier molecular flexibility index (Phi) is 6.45. The van der Waals surface area contributed by atoms with Crippen LogP contribution in [0.5, 0.6) is 0 Å². The minimum absolute atomic E-state index is 0.00826. The topological polar surface area (TPSA) is 71.2 Å². The zero-order valence-electron chi connectivity index (χ0n) is 12.0. The number of likely N-dealkylation sites (N-methyl/N-ethyl adjacent to an activating group) is 2. The lowest BCUT2D eigenvalue weighted by molar-refractivity contribution is -0.122.